The fraction of sp³-hybridized carbons (Fsp3) is 0.684. The van der Waals surface area contributed by atoms with Crippen molar-refractivity contribution in [3.05, 3.63) is 35.9 Å². The molecule has 0 amide bonds. The normalized spacial score (nSPS) is 12.0. The Balaban J connectivity index is 2.28. The molecule has 0 spiro atoms. The first kappa shape index (κ1) is 18.2. The summed E-state index contributed by atoms with van der Waals surface area (Å²) in [6.45, 7) is 15.1. The molecular weight excluding hydrogens is 256 g/mol. The lowest BCUT2D eigenvalue weighted by Gasteiger charge is -2.27. The van der Waals surface area contributed by atoms with Gasteiger partial charge in [0, 0.05) is 19.6 Å². The Morgan fingerprint density at radius 2 is 1.43 bits per heavy atom. The molecule has 0 atom stereocenters. The average molecular weight is 290 g/mol. The summed E-state index contributed by atoms with van der Waals surface area (Å²) in [5.41, 5.74) is 1.40. The molecule has 120 valence electrons. The summed E-state index contributed by atoms with van der Waals surface area (Å²) in [5.74, 6) is 1.51. The first-order valence-corrected chi connectivity index (χ1v) is 8.42. The first-order valence-electron chi connectivity index (χ1n) is 8.42. The molecule has 0 aliphatic rings. The molecule has 21 heavy (non-hydrogen) atoms. The molecule has 0 unspecified atom stereocenters. The van der Waals surface area contributed by atoms with Crippen LogP contribution in [0.3, 0.4) is 0 Å². The first-order chi connectivity index (χ1) is 9.97. The van der Waals surface area contributed by atoms with Crippen molar-refractivity contribution in [2.24, 2.45) is 11.8 Å². The summed E-state index contributed by atoms with van der Waals surface area (Å²) in [6, 6.07) is 10.7. The minimum Gasteiger partial charge on any atom is -0.303 e. The Labute approximate surface area is 132 Å². The molecular formula is C19H34N2. The van der Waals surface area contributed by atoms with Gasteiger partial charge in [0.25, 0.3) is 0 Å². The van der Waals surface area contributed by atoms with Gasteiger partial charge in [-0.15, -0.1) is 0 Å². The second-order valence-electron chi connectivity index (χ2n) is 7.12. The molecule has 0 radical (unpaired) electrons. The number of rotatable bonds is 10. The third kappa shape index (κ3) is 8.90. The van der Waals surface area contributed by atoms with Crippen molar-refractivity contribution in [2.75, 3.05) is 33.2 Å². The highest BCUT2D eigenvalue weighted by Crippen LogP contribution is 2.06. The van der Waals surface area contributed by atoms with Crippen LogP contribution in [0.2, 0.25) is 0 Å². The molecule has 0 N–H and O–H groups in total. The van der Waals surface area contributed by atoms with Gasteiger partial charge in [-0.1, -0.05) is 58.0 Å². The topological polar surface area (TPSA) is 6.48 Å². The summed E-state index contributed by atoms with van der Waals surface area (Å²) in [4.78, 5) is 5.06. The predicted molar refractivity (Wildman–Crippen MR) is 93.5 cm³/mol. The van der Waals surface area contributed by atoms with Gasteiger partial charge in [0.1, 0.15) is 0 Å². The molecule has 1 rings (SSSR count). The highest BCUT2D eigenvalue weighted by Gasteiger charge is 2.09. The molecule has 0 fully saturated rings. The van der Waals surface area contributed by atoms with Crippen LogP contribution < -0.4 is 0 Å². The molecule has 2 nitrogen and oxygen atoms in total. The van der Waals surface area contributed by atoms with Crippen LogP contribution in [-0.2, 0) is 6.54 Å². The van der Waals surface area contributed by atoms with Gasteiger partial charge in [-0.25, -0.2) is 0 Å². The zero-order valence-electron chi connectivity index (χ0n) is 14.7. The monoisotopic (exact) mass is 290 g/mol. The van der Waals surface area contributed by atoms with Gasteiger partial charge in [-0.3, -0.25) is 0 Å². The number of nitrogens with zero attached hydrogens (tertiary/aromatic N) is 2. The van der Waals surface area contributed by atoms with E-state index >= 15 is 0 Å². The van der Waals surface area contributed by atoms with Gasteiger partial charge < -0.3 is 9.80 Å². The van der Waals surface area contributed by atoms with Crippen molar-refractivity contribution < 1.29 is 0 Å². The van der Waals surface area contributed by atoms with Gasteiger partial charge in [0.2, 0.25) is 0 Å². The molecule has 0 saturated heterocycles. The summed E-state index contributed by atoms with van der Waals surface area (Å²) in [5, 5.41) is 0. The lowest BCUT2D eigenvalue weighted by molar-refractivity contribution is 0.203. The van der Waals surface area contributed by atoms with Gasteiger partial charge in [0.05, 0.1) is 0 Å². The van der Waals surface area contributed by atoms with Crippen molar-refractivity contribution in [3.63, 3.8) is 0 Å². The molecule has 0 aliphatic heterocycles. The standard InChI is InChI=1S/C19H34N2/c1-17(2)14-21(15-18(3)4)13-9-12-20(5)16-19-10-7-6-8-11-19/h6-8,10-11,17-18H,9,12-16H2,1-5H3. The van der Waals surface area contributed by atoms with E-state index in [1.54, 1.807) is 0 Å². The summed E-state index contributed by atoms with van der Waals surface area (Å²) in [7, 11) is 2.22. The van der Waals surface area contributed by atoms with Crippen LogP contribution in [0.15, 0.2) is 30.3 Å². The van der Waals surface area contributed by atoms with Gasteiger partial charge in [-0.05, 0) is 44.0 Å². The molecule has 2 heteroatoms. The van der Waals surface area contributed by atoms with E-state index in [9.17, 15) is 0 Å². The van der Waals surface area contributed by atoms with Crippen molar-refractivity contribution in [3.8, 4) is 0 Å². The van der Waals surface area contributed by atoms with E-state index < -0.39 is 0 Å². The van der Waals surface area contributed by atoms with E-state index in [-0.39, 0.29) is 0 Å². The Morgan fingerprint density at radius 1 is 0.857 bits per heavy atom. The van der Waals surface area contributed by atoms with Crippen LogP contribution in [0, 0.1) is 11.8 Å². The molecule has 0 saturated carbocycles. The number of hydrogen-bond donors (Lipinski definition) is 0. The zero-order chi connectivity index (χ0) is 15.7. The summed E-state index contributed by atoms with van der Waals surface area (Å²) in [6.07, 6.45) is 1.25. The second-order valence-corrected chi connectivity index (χ2v) is 7.12. The zero-order valence-corrected chi connectivity index (χ0v) is 14.7. The molecule has 0 bridgehead atoms. The van der Waals surface area contributed by atoms with Crippen molar-refractivity contribution in [1.29, 1.82) is 0 Å². The Kier molecular flexibility index (Phi) is 8.63. The van der Waals surface area contributed by atoms with Crippen LogP contribution >= 0.6 is 0 Å². The smallest absolute Gasteiger partial charge is 0.0230 e. The molecule has 1 aromatic rings. The number of hydrogen-bond acceptors (Lipinski definition) is 2. The lowest BCUT2D eigenvalue weighted by Crippen LogP contribution is -2.34. The summed E-state index contributed by atoms with van der Waals surface area (Å²) < 4.78 is 0. The fourth-order valence-corrected chi connectivity index (χ4v) is 2.83. The molecule has 0 aliphatic carbocycles. The van der Waals surface area contributed by atoms with Crippen LogP contribution in [0.4, 0.5) is 0 Å². The van der Waals surface area contributed by atoms with E-state index in [4.69, 9.17) is 0 Å². The largest absolute Gasteiger partial charge is 0.303 e. The highest BCUT2D eigenvalue weighted by atomic mass is 15.1. The Bertz CT molecular complexity index is 349. The van der Waals surface area contributed by atoms with Crippen molar-refractivity contribution in [1.82, 2.24) is 9.80 Å². The Hall–Kier alpha value is -0.860. The van der Waals surface area contributed by atoms with E-state index in [2.05, 4.69) is 74.9 Å². The van der Waals surface area contributed by atoms with E-state index in [1.807, 2.05) is 0 Å². The number of benzene rings is 1. The minimum atomic E-state index is 0.755. The maximum atomic E-state index is 2.63. The van der Waals surface area contributed by atoms with Crippen molar-refractivity contribution >= 4 is 0 Å². The van der Waals surface area contributed by atoms with E-state index in [0.29, 0.717) is 0 Å². The van der Waals surface area contributed by atoms with Crippen LogP contribution in [0.1, 0.15) is 39.7 Å². The minimum absolute atomic E-state index is 0.755. The second kappa shape index (κ2) is 9.97. The average Bonchev–Trinajstić information content (AvgIpc) is 2.38. The van der Waals surface area contributed by atoms with Crippen LogP contribution in [0.25, 0.3) is 0 Å². The lowest BCUT2D eigenvalue weighted by atomic mass is 10.1. The molecule has 0 aromatic heterocycles. The maximum absolute atomic E-state index is 2.63. The van der Waals surface area contributed by atoms with Crippen LogP contribution in [-0.4, -0.2) is 43.0 Å². The van der Waals surface area contributed by atoms with Gasteiger partial charge >= 0.3 is 0 Å². The van der Waals surface area contributed by atoms with E-state index in [0.717, 1.165) is 18.4 Å². The van der Waals surface area contributed by atoms with Gasteiger partial charge in [0.15, 0.2) is 0 Å². The Morgan fingerprint density at radius 3 is 1.95 bits per heavy atom. The summed E-state index contributed by atoms with van der Waals surface area (Å²) >= 11 is 0. The third-order valence-electron chi connectivity index (χ3n) is 3.56. The van der Waals surface area contributed by atoms with E-state index in [1.165, 1.54) is 38.2 Å². The van der Waals surface area contributed by atoms with Crippen molar-refractivity contribution in [2.45, 2.75) is 40.7 Å². The highest BCUT2D eigenvalue weighted by molar-refractivity contribution is 5.14. The fourth-order valence-electron chi connectivity index (χ4n) is 2.83. The quantitative estimate of drug-likeness (QED) is 0.639. The van der Waals surface area contributed by atoms with Crippen LogP contribution in [0.5, 0.6) is 0 Å². The predicted octanol–water partition coefficient (Wildman–Crippen LogP) is 4.12. The third-order valence-corrected chi connectivity index (χ3v) is 3.56. The molecule has 1 aromatic carbocycles. The molecule has 0 heterocycles. The maximum Gasteiger partial charge on any atom is 0.0230 e. The SMILES string of the molecule is CC(C)CN(CCCN(C)Cc1ccccc1)CC(C)C. The van der Waals surface area contributed by atoms with Gasteiger partial charge in [-0.2, -0.15) is 0 Å².